The molecule has 5 heteroatoms. The monoisotopic (exact) mass is 330 g/mol. The van der Waals surface area contributed by atoms with Crippen molar-refractivity contribution >= 4 is 11.7 Å². The molecule has 1 saturated heterocycles. The van der Waals surface area contributed by atoms with Crippen LogP contribution in [-0.2, 0) is 0 Å². The van der Waals surface area contributed by atoms with Crippen LogP contribution in [0.15, 0.2) is 18.3 Å². The molecule has 0 aromatic carbocycles. The molecule has 24 heavy (non-hydrogen) atoms. The zero-order valence-corrected chi connectivity index (χ0v) is 14.6. The Bertz CT molecular complexity index is 503. The molecule has 2 aliphatic rings. The predicted octanol–water partition coefficient (Wildman–Crippen LogP) is 2.72. The summed E-state index contributed by atoms with van der Waals surface area (Å²) in [6.45, 7) is 3.66. The SMILES string of the molecule is O=C(NCCNC1CCCCCC1)c1ccc(N2CCCC2)nc1. The van der Waals surface area contributed by atoms with Crippen molar-refractivity contribution in [2.24, 2.45) is 0 Å². The Morgan fingerprint density at radius 1 is 1.04 bits per heavy atom. The minimum absolute atomic E-state index is 0.0295. The van der Waals surface area contributed by atoms with Crippen LogP contribution in [0, 0.1) is 0 Å². The molecule has 2 fully saturated rings. The van der Waals surface area contributed by atoms with Crippen molar-refractivity contribution in [1.82, 2.24) is 15.6 Å². The Hall–Kier alpha value is -1.62. The van der Waals surface area contributed by atoms with E-state index in [1.54, 1.807) is 6.20 Å². The summed E-state index contributed by atoms with van der Waals surface area (Å²) >= 11 is 0. The third-order valence-electron chi connectivity index (χ3n) is 5.14. The highest BCUT2D eigenvalue weighted by molar-refractivity contribution is 5.94. The van der Waals surface area contributed by atoms with Crippen molar-refractivity contribution in [2.45, 2.75) is 57.4 Å². The van der Waals surface area contributed by atoms with Gasteiger partial charge < -0.3 is 15.5 Å². The first-order valence-corrected chi connectivity index (χ1v) is 9.55. The highest BCUT2D eigenvalue weighted by atomic mass is 16.1. The lowest BCUT2D eigenvalue weighted by molar-refractivity contribution is 0.0953. The lowest BCUT2D eigenvalue weighted by atomic mass is 10.1. The Morgan fingerprint density at radius 2 is 1.79 bits per heavy atom. The summed E-state index contributed by atoms with van der Waals surface area (Å²) < 4.78 is 0. The van der Waals surface area contributed by atoms with Gasteiger partial charge in [-0.05, 0) is 37.8 Å². The number of carbonyl (C=O) groups is 1. The molecule has 2 N–H and O–H groups in total. The number of aromatic nitrogens is 1. The van der Waals surface area contributed by atoms with Gasteiger partial charge in [-0.1, -0.05) is 25.7 Å². The molecule has 1 aliphatic carbocycles. The van der Waals surface area contributed by atoms with Gasteiger partial charge in [0.05, 0.1) is 5.56 Å². The molecule has 1 aliphatic heterocycles. The largest absolute Gasteiger partial charge is 0.357 e. The average Bonchev–Trinajstić information content (AvgIpc) is 3.03. The third-order valence-corrected chi connectivity index (χ3v) is 5.14. The average molecular weight is 330 g/mol. The topological polar surface area (TPSA) is 57.3 Å². The van der Waals surface area contributed by atoms with E-state index in [4.69, 9.17) is 0 Å². The first-order valence-electron chi connectivity index (χ1n) is 9.55. The maximum Gasteiger partial charge on any atom is 0.252 e. The number of rotatable bonds is 6. The number of pyridine rings is 1. The van der Waals surface area contributed by atoms with E-state index in [1.807, 2.05) is 12.1 Å². The van der Waals surface area contributed by atoms with Crippen molar-refractivity contribution < 1.29 is 4.79 Å². The van der Waals surface area contributed by atoms with Gasteiger partial charge in [-0.2, -0.15) is 0 Å². The van der Waals surface area contributed by atoms with Gasteiger partial charge in [-0.15, -0.1) is 0 Å². The summed E-state index contributed by atoms with van der Waals surface area (Å²) in [6, 6.07) is 4.48. The van der Waals surface area contributed by atoms with Crippen LogP contribution in [0.25, 0.3) is 0 Å². The highest BCUT2D eigenvalue weighted by Gasteiger charge is 2.14. The fourth-order valence-corrected chi connectivity index (χ4v) is 3.69. The van der Waals surface area contributed by atoms with Crippen LogP contribution >= 0.6 is 0 Å². The normalized spacial score (nSPS) is 19.2. The van der Waals surface area contributed by atoms with Gasteiger partial charge in [-0.25, -0.2) is 4.98 Å². The molecule has 5 nitrogen and oxygen atoms in total. The molecule has 0 unspecified atom stereocenters. The first-order chi connectivity index (χ1) is 11.8. The summed E-state index contributed by atoms with van der Waals surface area (Å²) in [5, 5.41) is 6.57. The van der Waals surface area contributed by atoms with Crippen LogP contribution in [0.1, 0.15) is 61.7 Å². The van der Waals surface area contributed by atoms with E-state index in [1.165, 1.54) is 51.4 Å². The molecule has 0 bridgehead atoms. The van der Waals surface area contributed by atoms with Crippen LogP contribution in [0.3, 0.4) is 0 Å². The molecule has 1 amide bonds. The van der Waals surface area contributed by atoms with Crippen LogP contribution in [-0.4, -0.2) is 43.1 Å². The molecule has 0 spiro atoms. The number of hydrogen-bond acceptors (Lipinski definition) is 4. The molecular weight excluding hydrogens is 300 g/mol. The minimum atomic E-state index is -0.0295. The second-order valence-electron chi connectivity index (χ2n) is 7.00. The van der Waals surface area contributed by atoms with E-state index in [2.05, 4.69) is 20.5 Å². The maximum absolute atomic E-state index is 12.2. The molecule has 1 aromatic rings. The second-order valence-corrected chi connectivity index (χ2v) is 7.00. The zero-order chi connectivity index (χ0) is 16.6. The standard InChI is InChI=1S/C19H30N4O/c24-19(21-12-11-20-17-7-3-1-2-4-8-17)16-9-10-18(22-15-16)23-13-5-6-14-23/h9-10,15,17,20H,1-8,11-14H2,(H,21,24). The van der Waals surface area contributed by atoms with E-state index < -0.39 is 0 Å². The number of nitrogens with one attached hydrogen (secondary N) is 2. The fraction of sp³-hybridized carbons (Fsp3) is 0.684. The van der Waals surface area contributed by atoms with E-state index in [9.17, 15) is 4.79 Å². The van der Waals surface area contributed by atoms with E-state index in [0.29, 0.717) is 18.2 Å². The molecule has 0 atom stereocenters. The predicted molar refractivity (Wildman–Crippen MR) is 97.5 cm³/mol. The van der Waals surface area contributed by atoms with Crippen LogP contribution in [0.5, 0.6) is 0 Å². The molecule has 1 saturated carbocycles. The molecule has 3 rings (SSSR count). The van der Waals surface area contributed by atoms with Crippen LogP contribution in [0.2, 0.25) is 0 Å². The summed E-state index contributed by atoms with van der Waals surface area (Å²) in [5.74, 6) is 0.956. The summed E-state index contributed by atoms with van der Waals surface area (Å²) in [6.07, 6.45) is 12.1. The Kier molecular flexibility index (Phi) is 6.47. The van der Waals surface area contributed by atoms with Gasteiger partial charge in [0.1, 0.15) is 5.82 Å². The summed E-state index contributed by atoms with van der Waals surface area (Å²) in [5.41, 5.74) is 0.646. The van der Waals surface area contributed by atoms with Crippen LogP contribution < -0.4 is 15.5 Å². The smallest absolute Gasteiger partial charge is 0.252 e. The van der Waals surface area contributed by atoms with E-state index in [0.717, 1.165) is 25.5 Å². The lowest BCUT2D eigenvalue weighted by Gasteiger charge is -2.17. The molecule has 132 valence electrons. The maximum atomic E-state index is 12.2. The molecule has 1 aromatic heterocycles. The van der Waals surface area contributed by atoms with Gasteiger partial charge in [0.2, 0.25) is 0 Å². The zero-order valence-electron chi connectivity index (χ0n) is 14.6. The Labute approximate surface area is 145 Å². The number of anilines is 1. The molecular formula is C19H30N4O. The summed E-state index contributed by atoms with van der Waals surface area (Å²) in [4.78, 5) is 18.9. The van der Waals surface area contributed by atoms with Crippen LogP contribution in [0.4, 0.5) is 5.82 Å². The van der Waals surface area contributed by atoms with Crippen molar-refractivity contribution in [3.05, 3.63) is 23.9 Å². The third kappa shape index (κ3) is 4.94. The molecule has 0 radical (unpaired) electrons. The van der Waals surface area contributed by atoms with Gasteiger partial charge in [-0.3, -0.25) is 4.79 Å². The van der Waals surface area contributed by atoms with Gasteiger partial charge >= 0.3 is 0 Å². The molecule has 2 heterocycles. The van der Waals surface area contributed by atoms with Gasteiger partial charge in [0.25, 0.3) is 5.91 Å². The quantitative estimate of drug-likeness (QED) is 0.622. The minimum Gasteiger partial charge on any atom is -0.357 e. The van der Waals surface area contributed by atoms with Gasteiger partial charge in [0.15, 0.2) is 0 Å². The number of amides is 1. The number of carbonyl (C=O) groups excluding carboxylic acids is 1. The highest BCUT2D eigenvalue weighted by Crippen LogP contribution is 2.18. The van der Waals surface area contributed by atoms with Crippen molar-refractivity contribution in [1.29, 1.82) is 0 Å². The number of nitrogens with zero attached hydrogens (tertiary/aromatic N) is 2. The summed E-state index contributed by atoms with van der Waals surface area (Å²) in [7, 11) is 0. The van der Waals surface area contributed by atoms with Crippen molar-refractivity contribution in [2.75, 3.05) is 31.1 Å². The lowest BCUT2D eigenvalue weighted by Crippen LogP contribution is -2.36. The Morgan fingerprint density at radius 3 is 2.46 bits per heavy atom. The van der Waals surface area contributed by atoms with Crippen molar-refractivity contribution in [3.8, 4) is 0 Å². The number of hydrogen-bond donors (Lipinski definition) is 2. The first kappa shape index (κ1) is 17.2. The second kappa shape index (κ2) is 9.02. The fourth-order valence-electron chi connectivity index (χ4n) is 3.69. The Balaban J connectivity index is 1.38. The van der Waals surface area contributed by atoms with Crippen molar-refractivity contribution in [3.63, 3.8) is 0 Å². The van der Waals surface area contributed by atoms with Gasteiger partial charge in [0, 0.05) is 38.4 Å². The van der Waals surface area contributed by atoms with E-state index >= 15 is 0 Å². The van der Waals surface area contributed by atoms with E-state index in [-0.39, 0.29) is 5.91 Å².